The number of benzene rings is 1. The maximum Gasteiger partial charge on any atom is 0.417 e. The Labute approximate surface area is 143 Å². The van der Waals surface area contributed by atoms with Crippen LogP contribution in [-0.4, -0.2) is 21.1 Å². The van der Waals surface area contributed by atoms with E-state index in [0.717, 1.165) is 23.9 Å². The summed E-state index contributed by atoms with van der Waals surface area (Å²) in [6, 6.07) is 4.32. The van der Waals surface area contributed by atoms with Crippen molar-refractivity contribution < 1.29 is 18.0 Å². The van der Waals surface area contributed by atoms with Crippen LogP contribution in [0.2, 0.25) is 5.02 Å². The van der Waals surface area contributed by atoms with Gasteiger partial charge in [0.1, 0.15) is 0 Å². The highest BCUT2D eigenvalue weighted by Gasteiger charge is 2.33. The molecule has 0 aliphatic carbocycles. The number of H-pyrrole nitrogens is 1. The largest absolute Gasteiger partial charge is 0.417 e. The number of hydrogen-bond acceptors (Lipinski definition) is 4. The number of nitrogens with zero attached hydrogens (tertiary/aromatic N) is 1. The van der Waals surface area contributed by atoms with Crippen molar-refractivity contribution in [2.24, 2.45) is 0 Å². The number of carbonyl (C=O) groups excluding carboxylic acids is 1. The molecule has 0 bridgehead atoms. The molecule has 0 saturated carbocycles. The molecule has 0 radical (unpaired) electrons. The fourth-order valence-electron chi connectivity index (χ4n) is 1.70. The van der Waals surface area contributed by atoms with Crippen LogP contribution in [0.4, 0.5) is 18.9 Å². The van der Waals surface area contributed by atoms with Crippen LogP contribution in [0.3, 0.4) is 0 Å². The van der Waals surface area contributed by atoms with Crippen molar-refractivity contribution in [3.63, 3.8) is 0 Å². The molecule has 0 fully saturated rings. The Kier molecular flexibility index (Phi) is 5.55. The number of alkyl halides is 3. The Hall–Kier alpha value is -2.00. The fourth-order valence-corrected chi connectivity index (χ4v) is 2.70. The second-order valence-corrected chi connectivity index (χ2v) is 6.42. The van der Waals surface area contributed by atoms with Crippen molar-refractivity contribution in [2.75, 3.05) is 5.32 Å². The van der Waals surface area contributed by atoms with Crippen LogP contribution in [0.1, 0.15) is 12.5 Å². The van der Waals surface area contributed by atoms with Crippen LogP contribution in [0.15, 0.2) is 40.4 Å². The Balaban J connectivity index is 2.10. The molecule has 24 heavy (non-hydrogen) atoms. The van der Waals surface area contributed by atoms with Gasteiger partial charge in [0.05, 0.1) is 15.8 Å². The Morgan fingerprint density at radius 2 is 2.08 bits per heavy atom. The number of aromatic amines is 1. The molecular weight excluding hydrogens is 367 g/mol. The molecule has 0 aliphatic heterocycles. The van der Waals surface area contributed by atoms with Gasteiger partial charge in [-0.3, -0.25) is 9.59 Å². The summed E-state index contributed by atoms with van der Waals surface area (Å²) in [7, 11) is 0. The number of amides is 1. The van der Waals surface area contributed by atoms with Crippen LogP contribution in [0.5, 0.6) is 0 Å². The number of thioether (sulfide) groups is 1. The maximum absolute atomic E-state index is 12.8. The summed E-state index contributed by atoms with van der Waals surface area (Å²) in [6.07, 6.45) is -3.33. The summed E-state index contributed by atoms with van der Waals surface area (Å²) in [4.78, 5) is 29.6. The van der Waals surface area contributed by atoms with E-state index < -0.39 is 27.9 Å². The molecule has 1 heterocycles. The second kappa shape index (κ2) is 7.27. The third-order valence-electron chi connectivity index (χ3n) is 2.84. The first-order valence-corrected chi connectivity index (χ1v) is 7.82. The lowest BCUT2D eigenvalue weighted by Crippen LogP contribution is -2.23. The second-order valence-electron chi connectivity index (χ2n) is 4.68. The van der Waals surface area contributed by atoms with Gasteiger partial charge in [0.15, 0.2) is 5.16 Å². The third kappa shape index (κ3) is 4.75. The molecular formula is C14H11ClF3N3O2S. The van der Waals surface area contributed by atoms with Gasteiger partial charge in [-0.25, -0.2) is 4.98 Å². The molecule has 1 aromatic carbocycles. The van der Waals surface area contributed by atoms with Crippen molar-refractivity contribution >= 4 is 35.0 Å². The first-order valence-electron chi connectivity index (χ1n) is 6.56. The molecule has 0 aliphatic rings. The summed E-state index contributed by atoms with van der Waals surface area (Å²) in [6.45, 7) is 1.54. The van der Waals surface area contributed by atoms with Crippen LogP contribution in [0.25, 0.3) is 0 Å². The molecule has 2 aromatic rings. The first-order chi connectivity index (χ1) is 11.2. The molecule has 1 amide bonds. The van der Waals surface area contributed by atoms with Gasteiger partial charge in [-0.15, -0.1) is 0 Å². The summed E-state index contributed by atoms with van der Waals surface area (Å²) in [5, 5.41) is 1.47. The minimum Gasteiger partial charge on any atom is -0.325 e. The highest BCUT2D eigenvalue weighted by molar-refractivity contribution is 8.00. The molecule has 1 unspecified atom stereocenters. The number of carbonyl (C=O) groups is 1. The number of aromatic nitrogens is 2. The Bertz CT molecular complexity index is 810. The molecule has 1 atom stereocenters. The lowest BCUT2D eigenvalue weighted by molar-refractivity contribution is -0.137. The van der Waals surface area contributed by atoms with Crippen LogP contribution < -0.4 is 10.9 Å². The standard InChI is InChI=1S/C14H11ClF3N3O2S/c1-7(24-13-19-5-4-11(22)21-13)12(23)20-8-2-3-10(15)9(6-8)14(16,17)18/h2-7H,1H3,(H,20,23)(H,19,21,22). The highest BCUT2D eigenvalue weighted by atomic mass is 35.5. The summed E-state index contributed by atoms with van der Waals surface area (Å²) >= 11 is 6.49. The summed E-state index contributed by atoms with van der Waals surface area (Å²) in [5.41, 5.74) is -1.43. The van der Waals surface area contributed by atoms with E-state index in [4.69, 9.17) is 11.6 Å². The number of anilines is 1. The van der Waals surface area contributed by atoms with Gasteiger partial charge in [0.25, 0.3) is 5.56 Å². The summed E-state index contributed by atoms with van der Waals surface area (Å²) < 4.78 is 38.4. The number of nitrogens with one attached hydrogen (secondary N) is 2. The predicted molar refractivity (Wildman–Crippen MR) is 85.3 cm³/mol. The summed E-state index contributed by atoms with van der Waals surface area (Å²) in [5.74, 6) is -0.540. The number of rotatable bonds is 4. The Morgan fingerprint density at radius 3 is 2.71 bits per heavy atom. The minimum atomic E-state index is -4.62. The fraction of sp³-hybridized carbons (Fsp3) is 0.214. The monoisotopic (exact) mass is 377 g/mol. The topological polar surface area (TPSA) is 74.8 Å². The molecule has 1 aromatic heterocycles. The van der Waals surface area contributed by atoms with E-state index in [9.17, 15) is 22.8 Å². The van der Waals surface area contributed by atoms with Gasteiger partial charge < -0.3 is 10.3 Å². The number of halogens is 4. The highest BCUT2D eigenvalue weighted by Crippen LogP contribution is 2.36. The average molecular weight is 378 g/mol. The molecule has 2 N–H and O–H groups in total. The zero-order chi connectivity index (χ0) is 17.9. The van der Waals surface area contributed by atoms with Crippen molar-refractivity contribution in [3.8, 4) is 0 Å². The SMILES string of the molecule is CC(Sc1nccc(=O)[nH]1)C(=O)Nc1ccc(Cl)c(C(F)(F)F)c1. The van der Waals surface area contributed by atoms with E-state index in [1.807, 2.05) is 0 Å². The number of hydrogen-bond donors (Lipinski definition) is 2. The van der Waals surface area contributed by atoms with Crippen LogP contribution in [-0.2, 0) is 11.0 Å². The van der Waals surface area contributed by atoms with E-state index in [1.165, 1.54) is 25.3 Å². The average Bonchev–Trinajstić information content (AvgIpc) is 2.48. The van der Waals surface area contributed by atoms with Gasteiger partial charge in [0.2, 0.25) is 5.91 Å². The van der Waals surface area contributed by atoms with Gasteiger partial charge >= 0.3 is 6.18 Å². The lowest BCUT2D eigenvalue weighted by atomic mass is 10.2. The lowest BCUT2D eigenvalue weighted by Gasteiger charge is -2.14. The van der Waals surface area contributed by atoms with Gasteiger partial charge in [-0.05, 0) is 25.1 Å². The van der Waals surface area contributed by atoms with E-state index in [2.05, 4.69) is 15.3 Å². The molecule has 0 saturated heterocycles. The van der Waals surface area contributed by atoms with E-state index in [1.54, 1.807) is 0 Å². The predicted octanol–water partition coefficient (Wildman–Crippen LogP) is 3.56. The zero-order valence-electron chi connectivity index (χ0n) is 12.1. The van der Waals surface area contributed by atoms with Crippen molar-refractivity contribution in [1.82, 2.24) is 9.97 Å². The van der Waals surface area contributed by atoms with Gasteiger partial charge in [-0.2, -0.15) is 13.2 Å². The van der Waals surface area contributed by atoms with E-state index >= 15 is 0 Å². The molecule has 0 spiro atoms. The van der Waals surface area contributed by atoms with Crippen molar-refractivity contribution in [1.29, 1.82) is 0 Å². The molecule has 128 valence electrons. The van der Waals surface area contributed by atoms with Crippen LogP contribution in [0, 0.1) is 0 Å². The quantitative estimate of drug-likeness (QED) is 0.631. The first kappa shape index (κ1) is 18.3. The van der Waals surface area contributed by atoms with Gasteiger partial charge in [0, 0.05) is 18.0 Å². The molecule has 5 nitrogen and oxygen atoms in total. The van der Waals surface area contributed by atoms with E-state index in [0.29, 0.717) is 0 Å². The van der Waals surface area contributed by atoms with Crippen molar-refractivity contribution in [2.45, 2.75) is 23.5 Å². The van der Waals surface area contributed by atoms with Crippen LogP contribution >= 0.6 is 23.4 Å². The molecule has 2 rings (SSSR count). The Morgan fingerprint density at radius 1 is 1.38 bits per heavy atom. The zero-order valence-corrected chi connectivity index (χ0v) is 13.7. The van der Waals surface area contributed by atoms with E-state index in [-0.39, 0.29) is 16.4 Å². The normalized spacial score (nSPS) is 12.7. The van der Waals surface area contributed by atoms with Crippen molar-refractivity contribution in [3.05, 3.63) is 51.4 Å². The smallest absolute Gasteiger partial charge is 0.325 e. The maximum atomic E-state index is 12.8. The molecule has 10 heteroatoms. The van der Waals surface area contributed by atoms with Gasteiger partial charge in [-0.1, -0.05) is 23.4 Å². The third-order valence-corrected chi connectivity index (χ3v) is 4.17. The minimum absolute atomic E-state index is 0.0290.